The number of aryl methyl sites for hydroxylation is 1. The number of alkyl halides is 1. The van der Waals surface area contributed by atoms with E-state index in [-0.39, 0.29) is 11.7 Å². The summed E-state index contributed by atoms with van der Waals surface area (Å²) in [4.78, 5) is 11.7. The van der Waals surface area contributed by atoms with E-state index in [2.05, 4.69) is 21.2 Å². The van der Waals surface area contributed by atoms with Gasteiger partial charge in [-0.15, -0.1) is 0 Å². The highest BCUT2D eigenvalue weighted by Crippen LogP contribution is 2.20. The fourth-order valence-corrected chi connectivity index (χ4v) is 2.51. The molecule has 110 valence electrons. The van der Waals surface area contributed by atoms with E-state index in [0.29, 0.717) is 12.0 Å². The molecule has 0 saturated heterocycles. The Balaban J connectivity index is 2.06. The summed E-state index contributed by atoms with van der Waals surface area (Å²) in [6, 6.07) is 12.3. The van der Waals surface area contributed by atoms with Crippen LogP contribution >= 0.6 is 15.9 Å². The molecule has 1 amide bonds. The first-order valence-electron chi connectivity index (χ1n) is 6.73. The normalized spacial score (nSPS) is 12.0. The monoisotopic (exact) mass is 349 g/mol. The van der Waals surface area contributed by atoms with E-state index in [1.54, 1.807) is 18.2 Å². The molecule has 1 atom stereocenters. The summed E-state index contributed by atoms with van der Waals surface area (Å²) >= 11 is 3.34. The van der Waals surface area contributed by atoms with Gasteiger partial charge in [0.2, 0.25) is 5.91 Å². The Hall–Kier alpha value is -1.68. The zero-order valence-electron chi connectivity index (χ0n) is 12.0. The van der Waals surface area contributed by atoms with Gasteiger partial charge in [-0.05, 0) is 49.1 Å². The third-order valence-electron chi connectivity index (χ3n) is 3.50. The summed E-state index contributed by atoms with van der Waals surface area (Å²) in [5.41, 5.74) is 3.47. The van der Waals surface area contributed by atoms with Crippen LogP contribution < -0.4 is 5.32 Å². The maximum Gasteiger partial charge on any atom is 0.238 e. The Morgan fingerprint density at radius 1 is 1.19 bits per heavy atom. The van der Waals surface area contributed by atoms with Crippen molar-refractivity contribution < 1.29 is 9.18 Å². The number of carbonyl (C=O) groups is 1. The van der Waals surface area contributed by atoms with E-state index >= 15 is 0 Å². The number of nitrogens with one attached hydrogen (secondary N) is 1. The van der Waals surface area contributed by atoms with Crippen LogP contribution in [0.4, 0.5) is 10.1 Å². The van der Waals surface area contributed by atoms with Gasteiger partial charge in [-0.3, -0.25) is 4.79 Å². The molecule has 0 heterocycles. The lowest BCUT2D eigenvalue weighted by Gasteiger charge is -2.14. The minimum Gasteiger partial charge on any atom is -0.325 e. The molecule has 0 radical (unpaired) electrons. The summed E-state index contributed by atoms with van der Waals surface area (Å²) in [6.07, 6.45) is 0.309. The van der Waals surface area contributed by atoms with Crippen LogP contribution in [0, 0.1) is 19.7 Å². The number of halogens is 2. The van der Waals surface area contributed by atoms with Crippen LogP contribution in [0.15, 0.2) is 42.5 Å². The minimum absolute atomic E-state index is 0.174. The first kappa shape index (κ1) is 15.7. The van der Waals surface area contributed by atoms with E-state index in [9.17, 15) is 9.18 Å². The SMILES string of the molecule is Cc1cccc(NC(=O)C(Br)Cc2ccccc2F)c1C. The van der Waals surface area contributed by atoms with Crippen molar-refractivity contribution in [3.05, 3.63) is 65.0 Å². The highest BCUT2D eigenvalue weighted by molar-refractivity contribution is 9.10. The Bertz CT molecular complexity index is 657. The number of amides is 1. The molecule has 0 spiro atoms. The molecule has 21 heavy (non-hydrogen) atoms. The highest BCUT2D eigenvalue weighted by Gasteiger charge is 2.18. The van der Waals surface area contributed by atoms with Crippen molar-refractivity contribution in [2.45, 2.75) is 25.1 Å². The van der Waals surface area contributed by atoms with Gasteiger partial charge in [0.1, 0.15) is 5.82 Å². The van der Waals surface area contributed by atoms with Gasteiger partial charge < -0.3 is 5.32 Å². The van der Waals surface area contributed by atoms with Crippen molar-refractivity contribution in [3.63, 3.8) is 0 Å². The lowest BCUT2D eigenvalue weighted by molar-refractivity contribution is -0.115. The molecular formula is C17H17BrFNO. The molecule has 1 unspecified atom stereocenters. The molecular weight excluding hydrogens is 333 g/mol. The van der Waals surface area contributed by atoms with Crippen molar-refractivity contribution in [3.8, 4) is 0 Å². The van der Waals surface area contributed by atoms with E-state index in [1.807, 2.05) is 32.0 Å². The van der Waals surface area contributed by atoms with Gasteiger partial charge in [-0.2, -0.15) is 0 Å². The van der Waals surface area contributed by atoms with E-state index in [0.717, 1.165) is 16.8 Å². The zero-order valence-corrected chi connectivity index (χ0v) is 13.6. The lowest BCUT2D eigenvalue weighted by atomic mass is 10.1. The molecule has 0 bridgehead atoms. The van der Waals surface area contributed by atoms with Crippen LogP contribution in [0.25, 0.3) is 0 Å². The summed E-state index contributed by atoms with van der Waals surface area (Å²) < 4.78 is 13.6. The third-order valence-corrected chi connectivity index (χ3v) is 4.24. The fraction of sp³-hybridized carbons (Fsp3) is 0.235. The summed E-state index contributed by atoms with van der Waals surface area (Å²) in [7, 11) is 0. The zero-order chi connectivity index (χ0) is 15.4. The van der Waals surface area contributed by atoms with Gasteiger partial charge in [-0.1, -0.05) is 46.3 Å². The summed E-state index contributed by atoms with van der Waals surface area (Å²) in [5, 5.41) is 2.88. The molecule has 0 aliphatic carbocycles. The van der Waals surface area contributed by atoms with E-state index in [4.69, 9.17) is 0 Å². The lowest BCUT2D eigenvalue weighted by Crippen LogP contribution is -2.25. The van der Waals surface area contributed by atoms with Crippen molar-refractivity contribution in [1.29, 1.82) is 0 Å². The predicted octanol–water partition coefficient (Wildman–Crippen LogP) is 4.39. The number of hydrogen-bond acceptors (Lipinski definition) is 1. The molecule has 4 heteroatoms. The topological polar surface area (TPSA) is 29.1 Å². The van der Waals surface area contributed by atoms with Gasteiger partial charge in [0, 0.05) is 5.69 Å². The van der Waals surface area contributed by atoms with Crippen molar-refractivity contribution >= 4 is 27.5 Å². The Morgan fingerprint density at radius 3 is 2.62 bits per heavy atom. The predicted molar refractivity (Wildman–Crippen MR) is 87.4 cm³/mol. The molecule has 2 aromatic rings. The van der Waals surface area contributed by atoms with Crippen LogP contribution in [0.3, 0.4) is 0 Å². The smallest absolute Gasteiger partial charge is 0.238 e. The summed E-state index contributed by atoms with van der Waals surface area (Å²) in [6.45, 7) is 3.96. The number of benzene rings is 2. The van der Waals surface area contributed by atoms with Crippen LogP contribution in [-0.2, 0) is 11.2 Å². The quantitative estimate of drug-likeness (QED) is 0.815. The third kappa shape index (κ3) is 3.91. The van der Waals surface area contributed by atoms with Gasteiger partial charge in [-0.25, -0.2) is 4.39 Å². The van der Waals surface area contributed by atoms with Gasteiger partial charge in [0.15, 0.2) is 0 Å². The largest absolute Gasteiger partial charge is 0.325 e. The Kier molecular flexibility index (Phi) is 5.12. The second-order valence-electron chi connectivity index (χ2n) is 5.00. The van der Waals surface area contributed by atoms with Crippen molar-refractivity contribution in [1.82, 2.24) is 0 Å². The van der Waals surface area contributed by atoms with Gasteiger partial charge >= 0.3 is 0 Å². The Morgan fingerprint density at radius 2 is 1.90 bits per heavy atom. The molecule has 0 aliphatic rings. The van der Waals surface area contributed by atoms with Crippen molar-refractivity contribution in [2.24, 2.45) is 0 Å². The first-order chi connectivity index (χ1) is 9.99. The standard InChI is InChI=1S/C17H17BrFNO/c1-11-6-5-9-16(12(11)2)20-17(21)14(18)10-13-7-3-4-8-15(13)19/h3-9,14H,10H2,1-2H3,(H,20,21). The van der Waals surface area contributed by atoms with Crippen LogP contribution in [0.5, 0.6) is 0 Å². The molecule has 0 fully saturated rings. The minimum atomic E-state index is -0.477. The van der Waals surface area contributed by atoms with Crippen molar-refractivity contribution in [2.75, 3.05) is 5.32 Å². The molecule has 0 aliphatic heterocycles. The van der Waals surface area contributed by atoms with Gasteiger partial charge in [0.25, 0.3) is 0 Å². The molecule has 0 aromatic heterocycles. The molecule has 2 aromatic carbocycles. The number of rotatable bonds is 4. The maximum absolute atomic E-state index is 13.6. The van der Waals surface area contributed by atoms with Crippen LogP contribution in [0.2, 0.25) is 0 Å². The Labute approximate surface area is 132 Å². The second-order valence-corrected chi connectivity index (χ2v) is 6.11. The van der Waals surface area contributed by atoms with E-state index < -0.39 is 4.83 Å². The maximum atomic E-state index is 13.6. The number of hydrogen-bond donors (Lipinski definition) is 1. The molecule has 2 rings (SSSR count). The number of anilines is 1. The van der Waals surface area contributed by atoms with Crippen LogP contribution in [-0.4, -0.2) is 10.7 Å². The highest BCUT2D eigenvalue weighted by atomic mass is 79.9. The van der Waals surface area contributed by atoms with E-state index in [1.165, 1.54) is 6.07 Å². The number of carbonyl (C=O) groups excluding carboxylic acids is 1. The first-order valence-corrected chi connectivity index (χ1v) is 7.65. The van der Waals surface area contributed by atoms with Gasteiger partial charge in [0.05, 0.1) is 4.83 Å². The summed E-state index contributed by atoms with van der Waals surface area (Å²) in [5.74, 6) is -0.464. The molecule has 1 N–H and O–H groups in total. The fourth-order valence-electron chi connectivity index (χ4n) is 2.05. The average molecular weight is 350 g/mol. The second kappa shape index (κ2) is 6.85. The molecule has 0 saturated carbocycles. The van der Waals surface area contributed by atoms with Crippen LogP contribution in [0.1, 0.15) is 16.7 Å². The average Bonchev–Trinajstić information content (AvgIpc) is 2.46. The molecule has 2 nitrogen and oxygen atoms in total.